The Morgan fingerprint density at radius 1 is 1.00 bits per heavy atom. The molecular weight excluding hydrogens is 639 g/mol. The van der Waals surface area contributed by atoms with E-state index < -0.39 is 25.9 Å². The van der Waals surface area contributed by atoms with Gasteiger partial charge in [0.05, 0.1) is 0 Å². The molecule has 1 aliphatic rings. The molecule has 3 nitrogen and oxygen atoms in total. The van der Waals surface area contributed by atoms with E-state index in [0.29, 0.717) is 6.42 Å². The van der Waals surface area contributed by atoms with Gasteiger partial charge in [-0.2, -0.15) is 0 Å². The van der Waals surface area contributed by atoms with Crippen molar-refractivity contribution in [2.45, 2.75) is 28.9 Å². The van der Waals surface area contributed by atoms with E-state index in [1.165, 1.54) is 12.1 Å². The van der Waals surface area contributed by atoms with E-state index in [1.807, 2.05) is 48.5 Å². The number of thiocarbonyl (C=S) groups is 1. The summed E-state index contributed by atoms with van der Waals surface area (Å²) >= 11 is 5.98. The van der Waals surface area contributed by atoms with Gasteiger partial charge in [-0.1, -0.05) is 0 Å². The summed E-state index contributed by atoms with van der Waals surface area (Å²) in [6.07, 6.45) is 0.832. The van der Waals surface area contributed by atoms with Gasteiger partial charge in [-0.3, -0.25) is 0 Å². The van der Waals surface area contributed by atoms with Crippen LogP contribution >= 0.6 is 54.6 Å². The van der Waals surface area contributed by atoms with Gasteiger partial charge < -0.3 is 0 Å². The van der Waals surface area contributed by atoms with Crippen LogP contribution in [-0.2, 0) is 0 Å². The van der Waals surface area contributed by atoms with Gasteiger partial charge >= 0.3 is 209 Å². The first-order chi connectivity index (χ1) is 14.9. The molecule has 0 aromatic heterocycles. The zero-order chi connectivity index (χ0) is 22.0. The molecular formula is C24H22FI2NO2S. The van der Waals surface area contributed by atoms with Crippen LogP contribution in [-0.4, -0.2) is 19.3 Å². The molecule has 0 amide bonds. The van der Waals surface area contributed by atoms with Crippen molar-refractivity contribution in [2.24, 2.45) is 0 Å². The van der Waals surface area contributed by atoms with Gasteiger partial charge in [-0.15, -0.1) is 0 Å². The summed E-state index contributed by atoms with van der Waals surface area (Å²) in [7, 11) is 0. The molecule has 3 aromatic carbocycles. The number of aliphatic hydroxyl groups is 1. The Hall–Kier alpha value is -1.30. The van der Waals surface area contributed by atoms with Crippen LogP contribution in [0, 0.1) is 13.0 Å². The molecule has 0 radical (unpaired) electrons. The first kappa shape index (κ1) is 22.9. The van der Waals surface area contributed by atoms with Crippen molar-refractivity contribution in [1.82, 2.24) is 5.32 Å². The fourth-order valence-corrected chi connectivity index (χ4v) is 11.9. The maximum atomic E-state index is 13.5. The van der Waals surface area contributed by atoms with Crippen LogP contribution in [0.25, 0.3) is 0 Å². The third-order valence-corrected chi connectivity index (χ3v) is 13.6. The van der Waals surface area contributed by atoms with Crippen LogP contribution in [0.5, 0.6) is 5.75 Å². The molecule has 31 heavy (non-hydrogen) atoms. The predicted molar refractivity (Wildman–Crippen MR) is 143 cm³/mol. The van der Waals surface area contributed by atoms with Gasteiger partial charge in [0, 0.05) is 0 Å². The van der Waals surface area contributed by atoms with Gasteiger partial charge in [-0.05, 0) is 0 Å². The van der Waals surface area contributed by atoms with E-state index in [2.05, 4.69) is 27.9 Å². The van der Waals surface area contributed by atoms with Gasteiger partial charge in [0.2, 0.25) is 0 Å². The van der Waals surface area contributed by atoms with Crippen LogP contribution in [0.4, 0.5) is 4.39 Å². The first-order valence-corrected chi connectivity index (χ1v) is 14.8. The van der Waals surface area contributed by atoms with Crippen molar-refractivity contribution in [3.63, 3.8) is 0 Å². The zero-order valence-electron chi connectivity index (χ0n) is 16.5. The van der Waals surface area contributed by atoms with E-state index in [4.69, 9.17) is 12.2 Å². The molecule has 1 saturated heterocycles. The number of benzene rings is 3. The molecule has 0 bridgehead atoms. The quantitative estimate of drug-likeness (QED) is 0.0952. The molecule has 3 aromatic rings. The van der Waals surface area contributed by atoms with Crippen LogP contribution in [0.1, 0.15) is 34.0 Å². The number of phenols is 1. The number of hydrogen-bond acceptors (Lipinski definition) is 3. The van der Waals surface area contributed by atoms with Crippen molar-refractivity contribution in [3.05, 3.63) is 96.9 Å². The number of alkyl halides is 1. The number of hydrogen-bond donors (Lipinski definition) is 3. The van der Waals surface area contributed by atoms with E-state index in [9.17, 15) is 14.6 Å². The Labute approximate surface area is 207 Å². The number of aliphatic hydroxyl groups excluding tert-OH is 1. The van der Waals surface area contributed by atoms with E-state index >= 15 is 0 Å². The zero-order valence-corrected chi connectivity index (χ0v) is 21.6. The summed E-state index contributed by atoms with van der Waals surface area (Å²) < 4.78 is 16.8. The summed E-state index contributed by atoms with van der Waals surface area (Å²) in [5, 5.41) is 24.0. The predicted octanol–water partition coefficient (Wildman–Crippen LogP) is 6.32. The van der Waals surface area contributed by atoms with Gasteiger partial charge in [0.15, 0.2) is 0 Å². The monoisotopic (exact) mass is 661 g/mol. The average molecular weight is 661 g/mol. The molecule has 7 heteroatoms. The molecule has 3 unspecified atom stereocenters. The van der Waals surface area contributed by atoms with Crippen molar-refractivity contribution < 1.29 is 14.6 Å². The summed E-state index contributed by atoms with van der Waals surface area (Å²) in [5.74, 6) is -0.0267. The van der Waals surface area contributed by atoms with Crippen molar-refractivity contribution in [1.29, 1.82) is 0 Å². The Bertz CT molecular complexity index is 1040. The Morgan fingerprint density at radius 2 is 1.65 bits per heavy atom. The normalized spacial score (nSPS) is 20.5. The SMILES string of the molecule is Oc1ccc(C2C(CCC(O)c3ccc(I)cc3)NC(=S)I2c2ccc(F)cc2)cc1. The van der Waals surface area contributed by atoms with Crippen LogP contribution < -0.4 is 5.32 Å². The third kappa shape index (κ3) is 5.37. The van der Waals surface area contributed by atoms with Crippen LogP contribution in [0.15, 0.2) is 72.8 Å². The number of aromatic hydroxyl groups is 1. The Morgan fingerprint density at radius 3 is 2.29 bits per heavy atom. The second-order valence-electron chi connectivity index (χ2n) is 7.41. The minimum atomic E-state index is -2.04. The van der Waals surface area contributed by atoms with E-state index in [-0.39, 0.29) is 21.5 Å². The summed E-state index contributed by atoms with van der Waals surface area (Å²) in [5.41, 5.74) is 2.03. The van der Waals surface area contributed by atoms with Crippen LogP contribution in [0.3, 0.4) is 0 Å². The van der Waals surface area contributed by atoms with Crippen LogP contribution in [0.2, 0.25) is 0 Å². The number of nitrogens with one attached hydrogen (secondary N) is 1. The summed E-state index contributed by atoms with van der Waals surface area (Å²) in [4.78, 5) is 0. The summed E-state index contributed by atoms with van der Waals surface area (Å²) in [6, 6.07) is 22.0. The molecule has 1 heterocycles. The molecule has 1 aliphatic heterocycles. The molecule has 1 fully saturated rings. The number of halogens is 3. The van der Waals surface area contributed by atoms with Crippen molar-refractivity contribution >= 4 is 57.6 Å². The average Bonchev–Trinajstić information content (AvgIpc) is 3.09. The fraction of sp³-hybridized carbons (Fsp3) is 0.208. The Balaban J connectivity index is 1.59. The van der Waals surface area contributed by atoms with E-state index in [1.54, 1.807) is 12.1 Å². The second-order valence-corrected chi connectivity index (χ2v) is 15.2. The molecule has 3 N–H and O–H groups in total. The molecule has 4 rings (SSSR count). The molecule has 0 aliphatic carbocycles. The molecule has 3 atom stereocenters. The minimum absolute atomic E-state index is 0.0887. The standard InChI is InChI=1S/C24H22FI2NO2S/c25-17-5-9-19(10-6-17)27-23(16-3-11-20(29)12-4-16)21(28-24(27)31)13-14-22(30)15-1-7-18(26)8-2-15/h1-12,21-23,29-30H,13-14H2,(H,28,31). The topological polar surface area (TPSA) is 52.5 Å². The second kappa shape index (κ2) is 10.1. The number of rotatable bonds is 6. The number of phenolic OH excluding ortho intramolecular Hbond substituents is 1. The van der Waals surface area contributed by atoms with Gasteiger partial charge in [0.25, 0.3) is 0 Å². The third-order valence-electron chi connectivity index (χ3n) is 5.33. The van der Waals surface area contributed by atoms with Gasteiger partial charge in [-0.25, -0.2) is 0 Å². The summed E-state index contributed by atoms with van der Waals surface area (Å²) in [6.45, 7) is 0. The van der Waals surface area contributed by atoms with E-state index in [0.717, 1.165) is 27.7 Å². The maximum absolute atomic E-state index is 13.5. The van der Waals surface area contributed by atoms with Crippen molar-refractivity contribution in [3.8, 4) is 5.75 Å². The molecule has 0 spiro atoms. The molecule has 162 valence electrons. The fourth-order valence-electron chi connectivity index (χ4n) is 3.76. The van der Waals surface area contributed by atoms with Gasteiger partial charge in [0.1, 0.15) is 0 Å². The molecule has 0 saturated carbocycles. The Kier molecular flexibility index (Phi) is 7.45. The van der Waals surface area contributed by atoms with Crippen molar-refractivity contribution in [2.75, 3.05) is 0 Å². The first-order valence-electron chi connectivity index (χ1n) is 9.89.